The summed E-state index contributed by atoms with van der Waals surface area (Å²) >= 11 is 0. The number of para-hydroxylation sites is 2. The molecule has 0 bridgehead atoms. The largest absolute Gasteiger partial charge is 0.356 e. The van der Waals surface area contributed by atoms with E-state index in [4.69, 9.17) is 0 Å². The molecule has 1 amide bonds. The number of carbonyl (C=O) groups is 1. The zero-order valence-electron chi connectivity index (χ0n) is 14.0. The molecule has 4 heteroatoms. The highest BCUT2D eigenvalue weighted by molar-refractivity contribution is 5.83. The van der Waals surface area contributed by atoms with Crippen molar-refractivity contribution in [1.82, 2.24) is 14.9 Å². The molecule has 0 radical (unpaired) electrons. The second kappa shape index (κ2) is 7.77. The number of hydrogen-bond donors (Lipinski definition) is 1. The van der Waals surface area contributed by atoms with Crippen LogP contribution in [0.15, 0.2) is 60.9 Å². The Balaban J connectivity index is 1.51. The Morgan fingerprint density at radius 2 is 1.88 bits per heavy atom. The van der Waals surface area contributed by atoms with Crippen LogP contribution >= 0.6 is 0 Å². The van der Waals surface area contributed by atoms with Gasteiger partial charge in [-0.3, -0.25) is 4.79 Å². The minimum Gasteiger partial charge on any atom is -0.356 e. The molecular weight excluding hydrogens is 298 g/mol. The second-order valence-electron chi connectivity index (χ2n) is 5.94. The van der Waals surface area contributed by atoms with Crippen LogP contribution in [-0.2, 0) is 11.3 Å². The topological polar surface area (TPSA) is 46.9 Å². The first kappa shape index (κ1) is 16.2. The fraction of sp³-hybridized carbons (Fsp3) is 0.300. The monoisotopic (exact) mass is 321 g/mol. The van der Waals surface area contributed by atoms with Crippen molar-refractivity contribution in [2.75, 3.05) is 6.54 Å². The number of rotatable bonds is 7. The Morgan fingerprint density at radius 3 is 2.67 bits per heavy atom. The van der Waals surface area contributed by atoms with Gasteiger partial charge in [0.15, 0.2) is 0 Å². The molecule has 0 saturated heterocycles. The number of carbonyl (C=O) groups excluding carboxylic acids is 1. The molecule has 0 saturated carbocycles. The van der Waals surface area contributed by atoms with Gasteiger partial charge in [0.1, 0.15) is 0 Å². The van der Waals surface area contributed by atoms with Gasteiger partial charge >= 0.3 is 0 Å². The van der Waals surface area contributed by atoms with Crippen molar-refractivity contribution < 1.29 is 4.79 Å². The van der Waals surface area contributed by atoms with Crippen LogP contribution in [0.25, 0.3) is 11.0 Å². The van der Waals surface area contributed by atoms with Crippen molar-refractivity contribution in [2.24, 2.45) is 0 Å². The molecule has 1 aromatic heterocycles. The predicted octanol–water partition coefficient (Wildman–Crippen LogP) is 3.74. The zero-order chi connectivity index (χ0) is 16.8. The van der Waals surface area contributed by atoms with Gasteiger partial charge in [-0.05, 0) is 30.5 Å². The van der Waals surface area contributed by atoms with Gasteiger partial charge in [-0.2, -0.15) is 0 Å². The lowest BCUT2D eigenvalue weighted by Crippen LogP contribution is -2.30. The maximum absolute atomic E-state index is 12.4. The van der Waals surface area contributed by atoms with E-state index in [9.17, 15) is 4.79 Å². The molecular formula is C20H23N3O. The van der Waals surface area contributed by atoms with Crippen molar-refractivity contribution in [1.29, 1.82) is 0 Å². The SMILES string of the molecule is CCC(C(=O)NCCCn1cnc2ccccc21)c1ccccc1. The summed E-state index contributed by atoms with van der Waals surface area (Å²) in [4.78, 5) is 16.8. The Kier molecular flexibility index (Phi) is 5.26. The summed E-state index contributed by atoms with van der Waals surface area (Å²) in [5.74, 6) is 0.0412. The van der Waals surface area contributed by atoms with Crippen LogP contribution in [-0.4, -0.2) is 22.0 Å². The lowest BCUT2D eigenvalue weighted by molar-refractivity contribution is -0.122. The summed E-state index contributed by atoms with van der Waals surface area (Å²) in [6.07, 6.45) is 3.56. The minimum absolute atomic E-state index is 0.0692. The van der Waals surface area contributed by atoms with E-state index >= 15 is 0 Å². The zero-order valence-corrected chi connectivity index (χ0v) is 14.0. The maximum atomic E-state index is 12.4. The van der Waals surface area contributed by atoms with E-state index in [2.05, 4.69) is 27.9 Å². The van der Waals surface area contributed by atoms with Crippen molar-refractivity contribution in [3.63, 3.8) is 0 Å². The number of fused-ring (bicyclic) bond motifs is 1. The molecule has 1 N–H and O–H groups in total. The van der Waals surface area contributed by atoms with Gasteiger partial charge in [-0.15, -0.1) is 0 Å². The summed E-state index contributed by atoms with van der Waals surface area (Å²) in [6.45, 7) is 3.58. The molecule has 24 heavy (non-hydrogen) atoms. The minimum atomic E-state index is -0.0692. The van der Waals surface area contributed by atoms with Gasteiger partial charge in [0.2, 0.25) is 5.91 Å². The third-order valence-electron chi connectivity index (χ3n) is 4.33. The summed E-state index contributed by atoms with van der Waals surface area (Å²) < 4.78 is 2.13. The average Bonchev–Trinajstić information content (AvgIpc) is 3.03. The van der Waals surface area contributed by atoms with E-state index < -0.39 is 0 Å². The Labute approximate surface area is 142 Å². The third kappa shape index (κ3) is 3.65. The number of benzene rings is 2. The van der Waals surface area contributed by atoms with Crippen LogP contribution in [0.4, 0.5) is 0 Å². The molecule has 0 aliphatic heterocycles. The van der Waals surface area contributed by atoms with Crippen LogP contribution in [0.2, 0.25) is 0 Å². The summed E-state index contributed by atoms with van der Waals surface area (Å²) in [7, 11) is 0. The predicted molar refractivity (Wildman–Crippen MR) is 96.8 cm³/mol. The van der Waals surface area contributed by atoms with Crippen molar-refractivity contribution in [2.45, 2.75) is 32.2 Å². The van der Waals surface area contributed by atoms with Crippen molar-refractivity contribution in [3.05, 3.63) is 66.5 Å². The van der Waals surface area contributed by atoms with E-state index in [0.717, 1.165) is 36.0 Å². The first-order valence-corrected chi connectivity index (χ1v) is 8.52. The van der Waals surface area contributed by atoms with Crippen molar-refractivity contribution >= 4 is 16.9 Å². The molecule has 3 rings (SSSR count). The number of hydrogen-bond acceptors (Lipinski definition) is 2. The fourth-order valence-corrected chi connectivity index (χ4v) is 3.03. The number of aromatic nitrogens is 2. The molecule has 2 aromatic carbocycles. The summed E-state index contributed by atoms with van der Waals surface area (Å²) in [5.41, 5.74) is 3.23. The maximum Gasteiger partial charge on any atom is 0.227 e. The van der Waals surface area contributed by atoms with Crippen LogP contribution in [0.1, 0.15) is 31.2 Å². The van der Waals surface area contributed by atoms with E-state index in [0.29, 0.717) is 6.54 Å². The highest BCUT2D eigenvalue weighted by Crippen LogP contribution is 2.19. The van der Waals surface area contributed by atoms with E-state index in [1.54, 1.807) is 0 Å². The second-order valence-corrected chi connectivity index (χ2v) is 5.94. The van der Waals surface area contributed by atoms with Gasteiger partial charge in [0.05, 0.1) is 23.3 Å². The molecule has 0 aliphatic carbocycles. The number of nitrogens with zero attached hydrogens (tertiary/aromatic N) is 2. The first-order chi connectivity index (χ1) is 11.8. The molecule has 0 aliphatic rings. The molecule has 3 aromatic rings. The summed E-state index contributed by atoms with van der Waals surface area (Å²) in [5, 5.41) is 3.07. The standard InChI is InChI=1S/C20H23N3O/c1-2-17(16-9-4-3-5-10-16)20(24)21-13-8-14-23-15-22-18-11-6-7-12-19(18)23/h3-7,9-12,15,17H,2,8,13-14H2,1H3,(H,21,24). The van der Waals surface area contributed by atoms with E-state index in [-0.39, 0.29) is 11.8 Å². The molecule has 1 atom stereocenters. The smallest absolute Gasteiger partial charge is 0.227 e. The Bertz CT molecular complexity index is 795. The van der Waals surface area contributed by atoms with Crippen LogP contribution in [0.5, 0.6) is 0 Å². The van der Waals surface area contributed by atoms with Gasteiger partial charge in [-0.25, -0.2) is 4.98 Å². The fourth-order valence-electron chi connectivity index (χ4n) is 3.03. The molecule has 0 spiro atoms. The average molecular weight is 321 g/mol. The number of nitrogens with one attached hydrogen (secondary N) is 1. The van der Waals surface area contributed by atoms with Gasteiger partial charge in [0, 0.05) is 13.1 Å². The Morgan fingerprint density at radius 1 is 1.12 bits per heavy atom. The van der Waals surface area contributed by atoms with Crippen LogP contribution in [0, 0.1) is 0 Å². The quantitative estimate of drug-likeness (QED) is 0.674. The highest BCUT2D eigenvalue weighted by atomic mass is 16.1. The van der Waals surface area contributed by atoms with Gasteiger partial charge in [-0.1, -0.05) is 49.4 Å². The number of imidazole rings is 1. The molecule has 1 unspecified atom stereocenters. The first-order valence-electron chi connectivity index (χ1n) is 8.52. The van der Waals surface area contributed by atoms with Gasteiger partial charge < -0.3 is 9.88 Å². The molecule has 124 valence electrons. The van der Waals surface area contributed by atoms with Gasteiger partial charge in [0.25, 0.3) is 0 Å². The number of aryl methyl sites for hydroxylation is 1. The molecule has 1 heterocycles. The van der Waals surface area contributed by atoms with E-state index in [1.165, 1.54) is 0 Å². The van der Waals surface area contributed by atoms with E-state index in [1.807, 2.05) is 54.9 Å². The molecule has 4 nitrogen and oxygen atoms in total. The molecule has 0 fully saturated rings. The normalized spacial score (nSPS) is 12.2. The third-order valence-corrected chi connectivity index (χ3v) is 4.33. The highest BCUT2D eigenvalue weighted by Gasteiger charge is 2.17. The number of amides is 1. The Hall–Kier alpha value is -2.62. The van der Waals surface area contributed by atoms with Crippen molar-refractivity contribution in [3.8, 4) is 0 Å². The lowest BCUT2D eigenvalue weighted by atomic mass is 9.96. The lowest BCUT2D eigenvalue weighted by Gasteiger charge is -2.15. The summed E-state index contributed by atoms with van der Waals surface area (Å²) in [6, 6.07) is 18.1. The van der Waals surface area contributed by atoms with Crippen LogP contribution < -0.4 is 5.32 Å². The van der Waals surface area contributed by atoms with Crippen LogP contribution in [0.3, 0.4) is 0 Å².